The molecule has 1 aliphatic rings. The lowest BCUT2D eigenvalue weighted by Gasteiger charge is -2.32. The van der Waals surface area contributed by atoms with Crippen molar-refractivity contribution in [2.75, 3.05) is 23.8 Å². The summed E-state index contributed by atoms with van der Waals surface area (Å²) in [6.07, 6.45) is 7.75. The van der Waals surface area contributed by atoms with Gasteiger partial charge in [-0.25, -0.2) is 9.97 Å². The van der Waals surface area contributed by atoms with Gasteiger partial charge in [0.25, 0.3) is 0 Å². The van der Waals surface area contributed by atoms with E-state index in [4.69, 9.17) is 4.98 Å². The Morgan fingerprint density at radius 3 is 2.57 bits per heavy atom. The average Bonchev–Trinajstić information content (AvgIpc) is 2.52. The number of hydrogen-bond donors (Lipinski definition) is 1. The van der Waals surface area contributed by atoms with Crippen LogP contribution in [0.4, 0.5) is 11.6 Å². The normalized spacial score (nSPS) is 16.2. The summed E-state index contributed by atoms with van der Waals surface area (Å²) in [5.74, 6) is 3.33. The van der Waals surface area contributed by atoms with Crippen LogP contribution >= 0.6 is 0 Å². The highest BCUT2D eigenvalue weighted by molar-refractivity contribution is 5.50. The van der Waals surface area contributed by atoms with Crippen molar-refractivity contribution in [1.82, 2.24) is 9.97 Å². The molecule has 0 aromatic carbocycles. The first-order chi connectivity index (χ1) is 10.1. The Hall–Kier alpha value is -1.32. The summed E-state index contributed by atoms with van der Waals surface area (Å²) in [4.78, 5) is 11.8. The first-order valence-electron chi connectivity index (χ1n) is 8.47. The molecule has 21 heavy (non-hydrogen) atoms. The second-order valence-electron chi connectivity index (χ2n) is 6.45. The highest BCUT2D eigenvalue weighted by Gasteiger charge is 2.20. The molecule has 0 spiro atoms. The third kappa shape index (κ3) is 4.32. The molecule has 0 aliphatic heterocycles. The fraction of sp³-hybridized carbons (Fsp3) is 0.765. The van der Waals surface area contributed by atoms with Gasteiger partial charge in [-0.15, -0.1) is 0 Å². The van der Waals surface area contributed by atoms with Crippen molar-refractivity contribution in [3.05, 3.63) is 11.9 Å². The van der Waals surface area contributed by atoms with Gasteiger partial charge in [0.15, 0.2) is 0 Å². The van der Waals surface area contributed by atoms with E-state index < -0.39 is 0 Å². The van der Waals surface area contributed by atoms with Gasteiger partial charge in [0.1, 0.15) is 17.5 Å². The molecule has 1 heterocycles. The second kappa shape index (κ2) is 7.62. The minimum absolute atomic E-state index is 0.354. The summed E-state index contributed by atoms with van der Waals surface area (Å²) in [6.45, 7) is 7.44. The summed E-state index contributed by atoms with van der Waals surface area (Å²) in [5.41, 5.74) is 0. The predicted molar refractivity (Wildman–Crippen MR) is 90.2 cm³/mol. The van der Waals surface area contributed by atoms with E-state index in [1.165, 1.54) is 32.1 Å². The Morgan fingerprint density at radius 1 is 1.24 bits per heavy atom. The Balaban J connectivity index is 2.21. The Morgan fingerprint density at radius 2 is 1.95 bits per heavy atom. The lowest BCUT2D eigenvalue weighted by Crippen LogP contribution is -2.34. The maximum Gasteiger partial charge on any atom is 0.135 e. The number of hydrogen-bond acceptors (Lipinski definition) is 4. The summed E-state index contributed by atoms with van der Waals surface area (Å²) >= 11 is 0. The fourth-order valence-electron chi connectivity index (χ4n) is 2.89. The highest BCUT2D eigenvalue weighted by Crippen LogP contribution is 2.27. The Bertz CT molecular complexity index is 438. The number of nitrogens with one attached hydrogen (secondary N) is 1. The topological polar surface area (TPSA) is 41.0 Å². The summed E-state index contributed by atoms with van der Waals surface area (Å²) in [6, 6.07) is 2.74. The molecule has 0 bridgehead atoms. The second-order valence-corrected chi connectivity index (χ2v) is 6.45. The molecule has 0 saturated heterocycles. The van der Waals surface area contributed by atoms with Gasteiger partial charge in [-0.3, -0.25) is 0 Å². The summed E-state index contributed by atoms with van der Waals surface area (Å²) in [5, 5.41) is 3.41. The molecule has 1 aliphatic carbocycles. The third-order valence-corrected chi connectivity index (χ3v) is 4.29. The zero-order chi connectivity index (χ0) is 15.2. The van der Waals surface area contributed by atoms with Crippen molar-refractivity contribution < 1.29 is 0 Å². The van der Waals surface area contributed by atoms with Gasteiger partial charge in [0.2, 0.25) is 0 Å². The molecule has 118 valence electrons. The first kappa shape index (κ1) is 16.1. The smallest absolute Gasteiger partial charge is 0.135 e. The van der Waals surface area contributed by atoms with Crippen LogP contribution < -0.4 is 10.2 Å². The standard InChI is InChI=1S/C17H30N4/c1-5-11-18-15-12-16(20-17(19-15)13(2)3)21(4)14-9-7-6-8-10-14/h12-14H,5-11H2,1-4H3,(H,18,19,20). The molecular formula is C17H30N4. The van der Waals surface area contributed by atoms with Gasteiger partial charge in [-0.05, 0) is 19.3 Å². The van der Waals surface area contributed by atoms with Crippen LogP contribution in [0.5, 0.6) is 0 Å². The molecule has 1 saturated carbocycles. The Kier molecular flexibility index (Phi) is 5.83. The quantitative estimate of drug-likeness (QED) is 0.853. The number of anilines is 2. The minimum atomic E-state index is 0.354. The molecular weight excluding hydrogens is 260 g/mol. The number of rotatable bonds is 6. The van der Waals surface area contributed by atoms with E-state index in [0.717, 1.165) is 30.4 Å². The van der Waals surface area contributed by atoms with Crippen LogP contribution in [0.3, 0.4) is 0 Å². The van der Waals surface area contributed by atoms with Crippen LogP contribution in [0.25, 0.3) is 0 Å². The molecule has 4 heteroatoms. The number of aromatic nitrogens is 2. The van der Waals surface area contributed by atoms with E-state index in [-0.39, 0.29) is 0 Å². The molecule has 0 radical (unpaired) electrons. The van der Waals surface area contributed by atoms with Crippen molar-refractivity contribution >= 4 is 11.6 Å². The van der Waals surface area contributed by atoms with E-state index in [2.05, 4.69) is 49.1 Å². The maximum atomic E-state index is 4.79. The molecule has 0 unspecified atom stereocenters. The van der Waals surface area contributed by atoms with Gasteiger partial charge in [-0.1, -0.05) is 40.0 Å². The van der Waals surface area contributed by atoms with Gasteiger partial charge in [0, 0.05) is 31.6 Å². The van der Waals surface area contributed by atoms with Crippen LogP contribution in [0, 0.1) is 0 Å². The molecule has 0 atom stereocenters. The van der Waals surface area contributed by atoms with Crippen LogP contribution in [-0.2, 0) is 0 Å². The van der Waals surface area contributed by atoms with Gasteiger partial charge in [0.05, 0.1) is 0 Å². The minimum Gasteiger partial charge on any atom is -0.370 e. The van der Waals surface area contributed by atoms with Crippen molar-refractivity contribution in [3.63, 3.8) is 0 Å². The maximum absolute atomic E-state index is 4.79. The number of nitrogens with zero attached hydrogens (tertiary/aromatic N) is 3. The zero-order valence-electron chi connectivity index (χ0n) is 14.0. The van der Waals surface area contributed by atoms with Crippen LogP contribution in [0.2, 0.25) is 0 Å². The molecule has 4 nitrogen and oxygen atoms in total. The Labute approximate surface area is 129 Å². The highest BCUT2D eigenvalue weighted by atomic mass is 15.2. The van der Waals surface area contributed by atoms with Crippen molar-refractivity contribution in [1.29, 1.82) is 0 Å². The molecule has 1 aromatic heterocycles. The van der Waals surface area contributed by atoms with E-state index in [1.807, 2.05) is 0 Å². The van der Waals surface area contributed by atoms with Crippen molar-refractivity contribution in [2.45, 2.75) is 71.3 Å². The molecule has 0 amide bonds. The van der Waals surface area contributed by atoms with Crippen LogP contribution in [-0.4, -0.2) is 29.6 Å². The lowest BCUT2D eigenvalue weighted by atomic mass is 9.94. The zero-order valence-corrected chi connectivity index (χ0v) is 14.0. The van der Waals surface area contributed by atoms with E-state index >= 15 is 0 Å². The van der Waals surface area contributed by atoms with E-state index in [0.29, 0.717) is 12.0 Å². The average molecular weight is 290 g/mol. The molecule has 1 aromatic rings. The molecule has 1 N–H and O–H groups in total. The van der Waals surface area contributed by atoms with Gasteiger partial charge < -0.3 is 10.2 Å². The van der Waals surface area contributed by atoms with E-state index in [9.17, 15) is 0 Å². The largest absolute Gasteiger partial charge is 0.370 e. The van der Waals surface area contributed by atoms with Crippen LogP contribution in [0.15, 0.2) is 6.07 Å². The predicted octanol–water partition coefficient (Wildman–Crippen LogP) is 4.19. The van der Waals surface area contributed by atoms with Gasteiger partial charge in [-0.2, -0.15) is 0 Å². The lowest BCUT2D eigenvalue weighted by molar-refractivity contribution is 0.425. The summed E-state index contributed by atoms with van der Waals surface area (Å²) < 4.78 is 0. The van der Waals surface area contributed by atoms with Crippen molar-refractivity contribution in [2.24, 2.45) is 0 Å². The van der Waals surface area contributed by atoms with Gasteiger partial charge >= 0.3 is 0 Å². The van der Waals surface area contributed by atoms with Crippen LogP contribution in [0.1, 0.15) is 71.0 Å². The van der Waals surface area contributed by atoms with E-state index in [1.54, 1.807) is 0 Å². The summed E-state index contributed by atoms with van der Waals surface area (Å²) in [7, 11) is 2.19. The van der Waals surface area contributed by atoms with Crippen molar-refractivity contribution in [3.8, 4) is 0 Å². The third-order valence-electron chi connectivity index (χ3n) is 4.29. The molecule has 1 fully saturated rings. The fourth-order valence-corrected chi connectivity index (χ4v) is 2.89. The monoisotopic (exact) mass is 290 g/mol. The SMILES string of the molecule is CCCNc1cc(N(C)C2CCCCC2)nc(C(C)C)n1. The first-order valence-corrected chi connectivity index (χ1v) is 8.47. The molecule has 2 rings (SSSR count).